The smallest absolute Gasteiger partial charge is 0.462 e. The first-order valence-electron chi connectivity index (χ1n) is 16.8. The molecule has 44 heavy (non-hydrogen) atoms. The molecule has 10 heteroatoms. The molecule has 0 aliphatic carbocycles. The van der Waals surface area contributed by atoms with Crippen LogP contribution >= 0.6 is 7.82 Å². The largest absolute Gasteiger partial charge is 0.469 e. The second-order valence-corrected chi connectivity index (χ2v) is 12.8. The van der Waals surface area contributed by atoms with Crippen LogP contribution in [0, 0.1) is 5.92 Å². The summed E-state index contributed by atoms with van der Waals surface area (Å²) in [5.41, 5.74) is 0. The zero-order valence-corrected chi connectivity index (χ0v) is 28.5. The van der Waals surface area contributed by atoms with Gasteiger partial charge in [-0.25, -0.2) is 4.57 Å². The Hall–Kier alpha value is -1.77. The molecule has 256 valence electrons. The van der Waals surface area contributed by atoms with Gasteiger partial charge in [-0.05, 0) is 38.0 Å². The molecular formula is C34H61O9P. The van der Waals surface area contributed by atoms with Crippen LogP contribution in [0.5, 0.6) is 0 Å². The van der Waals surface area contributed by atoms with Crippen LogP contribution in [-0.2, 0) is 28.2 Å². The third kappa shape index (κ3) is 30.3. The number of phosphoric ester groups is 1. The molecule has 0 saturated heterocycles. The van der Waals surface area contributed by atoms with Crippen LogP contribution in [0.2, 0.25) is 0 Å². The summed E-state index contributed by atoms with van der Waals surface area (Å²) in [6.07, 6.45) is 26.2. The predicted octanol–water partition coefficient (Wildman–Crippen LogP) is 8.28. The molecule has 2 unspecified atom stereocenters. The van der Waals surface area contributed by atoms with Crippen LogP contribution in [-0.4, -0.2) is 52.3 Å². The second kappa shape index (κ2) is 28.7. The molecular weight excluding hydrogens is 583 g/mol. The number of hydrogen-bond acceptors (Lipinski definition) is 7. The van der Waals surface area contributed by atoms with Crippen molar-refractivity contribution in [2.75, 3.05) is 13.2 Å². The van der Waals surface area contributed by atoms with Gasteiger partial charge in [-0.15, -0.1) is 0 Å². The van der Waals surface area contributed by atoms with Crippen molar-refractivity contribution >= 4 is 19.8 Å². The average molecular weight is 645 g/mol. The van der Waals surface area contributed by atoms with E-state index in [0.29, 0.717) is 19.3 Å². The first-order chi connectivity index (χ1) is 21.1. The van der Waals surface area contributed by atoms with Gasteiger partial charge < -0.3 is 24.4 Å². The van der Waals surface area contributed by atoms with Crippen LogP contribution in [0.25, 0.3) is 0 Å². The number of allylic oxidation sites excluding steroid dienone is 5. The lowest BCUT2D eigenvalue weighted by Crippen LogP contribution is -2.29. The third-order valence-electron chi connectivity index (χ3n) is 7.32. The molecule has 0 aliphatic rings. The molecule has 0 aromatic rings. The van der Waals surface area contributed by atoms with Gasteiger partial charge in [0.25, 0.3) is 0 Å². The summed E-state index contributed by atoms with van der Waals surface area (Å²) in [5.74, 6) is -0.190. The fraction of sp³-hybridized carbons (Fsp3) is 0.765. The van der Waals surface area contributed by atoms with Crippen molar-refractivity contribution in [1.82, 2.24) is 0 Å². The number of carbonyl (C=O) groups is 2. The van der Waals surface area contributed by atoms with Crippen molar-refractivity contribution < 1.29 is 43.0 Å². The fourth-order valence-corrected chi connectivity index (χ4v) is 4.77. The maximum absolute atomic E-state index is 12.3. The van der Waals surface area contributed by atoms with E-state index in [1.807, 2.05) is 18.2 Å². The van der Waals surface area contributed by atoms with Crippen LogP contribution in [0.15, 0.2) is 36.5 Å². The van der Waals surface area contributed by atoms with Gasteiger partial charge in [0.05, 0.1) is 12.7 Å². The van der Waals surface area contributed by atoms with Crippen molar-refractivity contribution in [2.45, 2.75) is 149 Å². The molecule has 0 amide bonds. The minimum absolute atomic E-state index is 0.142. The monoisotopic (exact) mass is 644 g/mol. The van der Waals surface area contributed by atoms with E-state index in [4.69, 9.17) is 19.3 Å². The van der Waals surface area contributed by atoms with Gasteiger partial charge in [-0.1, -0.05) is 128 Å². The number of esters is 2. The quantitative estimate of drug-likeness (QED) is 0.0241. The summed E-state index contributed by atoms with van der Waals surface area (Å²) < 4.78 is 26.1. The van der Waals surface area contributed by atoms with E-state index < -0.39 is 38.6 Å². The standard InChI is InChI=1S/C34H61O9P/c1-4-6-7-8-9-14-19-24-31(35)25-20-15-12-17-22-27-34(37)43-32(29-42-44(38,39)40)28-41-33(36)26-21-16-11-10-13-18-23-30(3)5-2/h6-7,9,14,19,24,30-32,35H,4-5,8,10-13,15-18,20-23,25-29H2,1-3H3,(H2,38,39,40)/b7-6+,14-9+,24-19+/t30?,31?,32-/m1/s1. The molecule has 0 fully saturated rings. The van der Waals surface area contributed by atoms with Gasteiger partial charge in [0.2, 0.25) is 0 Å². The molecule has 0 spiro atoms. The van der Waals surface area contributed by atoms with Gasteiger partial charge >= 0.3 is 19.8 Å². The Labute approximate surface area is 266 Å². The van der Waals surface area contributed by atoms with Crippen LogP contribution in [0.1, 0.15) is 136 Å². The Morgan fingerprint density at radius 3 is 1.95 bits per heavy atom. The number of aliphatic hydroxyl groups excluding tert-OH is 1. The van der Waals surface area contributed by atoms with Crippen molar-refractivity contribution in [1.29, 1.82) is 0 Å². The van der Waals surface area contributed by atoms with Crippen molar-refractivity contribution in [3.05, 3.63) is 36.5 Å². The highest BCUT2D eigenvalue weighted by Crippen LogP contribution is 2.36. The topological polar surface area (TPSA) is 140 Å². The maximum atomic E-state index is 12.3. The summed E-state index contributed by atoms with van der Waals surface area (Å²) in [4.78, 5) is 42.5. The van der Waals surface area contributed by atoms with E-state index in [0.717, 1.165) is 63.7 Å². The van der Waals surface area contributed by atoms with Crippen LogP contribution in [0.4, 0.5) is 0 Å². The lowest BCUT2D eigenvalue weighted by atomic mass is 10.00. The average Bonchev–Trinajstić information content (AvgIpc) is 2.98. The van der Waals surface area contributed by atoms with Gasteiger partial charge in [-0.3, -0.25) is 14.1 Å². The fourth-order valence-electron chi connectivity index (χ4n) is 4.41. The highest BCUT2D eigenvalue weighted by molar-refractivity contribution is 7.46. The zero-order valence-electron chi connectivity index (χ0n) is 27.6. The van der Waals surface area contributed by atoms with E-state index in [1.54, 1.807) is 6.08 Å². The van der Waals surface area contributed by atoms with Gasteiger partial charge in [-0.2, -0.15) is 0 Å². The summed E-state index contributed by atoms with van der Waals surface area (Å²) in [6, 6.07) is 0. The Morgan fingerprint density at radius 2 is 1.34 bits per heavy atom. The van der Waals surface area contributed by atoms with E-state index >= 15 is 0 Å². The number of unbranched alkanes of at least 4 members (excludes halogenated alkanes) is 9. The second-order valence-electron chi connectivity index (χ2n) is 11.6. The molecule has 0 heterocycles. The molecule has 0 aromatic heterocycles. The molecule has 3 atom stereocenters. The summed E-state index contributed by atoms with van der Waals surface area (Å²) in [6.45, 7) is 5.71. The summed E-state index contributed by atoms with van der Waals surface area (Å²) in [7, 11) is -4.77. The number of aliphatic hydroxyl groups is 1. The van der Waals surface area contributed by atoms with E-state index in [-0.39, 0.29) is 19.4 Å². The first-order valence-corrected chi connectivity index (χ1v) is 18.3. The number of rotatable bonds is 29. The lowest BCUT2D eigenvalue weighted by molar-refractivity contribution is -0.161. The minimum Gasteiger partial charge on any atom is -0.462 e. The van der Waals surface area contributed by atoms with Crippen LogP contribution in [0.3, 0.4) is 0 Å². The third-order valence-corrected chi connectivity index (χ3v) is 7.80. The first kappa shape index (κ1) is 42.2. The number of carbonyl (C=O) groups excluding carboxylic acids is 2. The molecule has 3 N–H and O–H groups in total. The van der Waals surface area contributed by atoms with Crippen molar-refractivity contribution in [2.24, 2.45) is 5.92 Å². The lowest BCUT2D eigenvalue weighted by Gasteiger charge is -2.18. The Morgan fingerprint density at radius 1 is 0.750 bits per heavy atom. The van der Waals surface area contributed by atoms with E-state index in [2.05, 4.69) is 37.4 Å². The zero-order chi connectivity index (χ0) is 32.9. The summed E-state index contributed by atoms with van der Waals surface area (Å²) in [5, 5.41) is 10.0. The molecule has 0 aromatic carbocycles. The predicted molar refractivity (Wildman–Crippen MR) is 176 cm³/mol. The minimum atomic E-state index is -4.77. The SMILES string of the molecule is CC/C=C/C/C=C/C=C/C(O)CCCCCCCC(=O)O[C@H](COC(=O)CCCCCCCCC(C)CC)COP(=O)(O)O. The van der Waals surface area contributed by atoms with Gasteiger partial charge in [0.15, 0.2) is 6.10 Å². The number of phosphoric acid groups is 1. The number of ether oxygens (including phenoxy) is 2. The molecule has 9 nitrogen and oxygen atoms in total. The van der Waals surface area contributed by atoms with Crippen LogP contribution < -0.4 is 0 Å². The Balaban J connectivity index is 4.15. The molecule has 0 radical (unpaired) electrons. The highest BCUT2D eigenvalue weighted by Gasteiger charge is 2.22. The van der Waals surface area contributed by atoms with Gasteiger partial charge in [0.1, 0.15) is 6.61 Å². The molecule has 0 rings (SSSR count). The highest BCUT2D eigenvalue weighted by atomic mass is 31.2. The van der Waals surface area contributed by atoms with E-state index in [1.165, 1.54) is 25.7 Å². The summed E-state index contributed by atoms with van der Waals surface area (Å²) >= 11 is 0. The van der Waals surface area contributed by atoms with E-state index in [9.17, 15) is 19.3 Å². The Bertz CT molecular complexity index is 850. The molecule has 0 bridgehead atoms. The normalized spacial score (nSPS) is 14.4. The van der Waals surface area contributed by atoms with Gasteiger partial charge in [0, 0.05) is 12.8 Å². The van der Waals surface area contributed by atoms with Crippen molar-refractivity contribution in [3.8, 4) is 0 Å². The Kier molecular flexibility index (Phi) is 27.5. The van der Waals surface area contributed by atoms with Crippen molar-refractivity contribution in [3.63, 3.8) is 0 Å². The molecule has 0 saturated carbocycles. The number of hydrogen-bond donors (Lipinski definition) is 3. The molecule has 0 aliphatic heterocycles. The maximum Gasteiger partial charge on any atom is 0.469 e.